The third kappa shape index (κ3) is 6.45. The standard InChI is InChI=1S/C18H26IN3O6/c1-18(2,3)28-17(24)20-14-11-15(13(19)10-16(14)22(25)26)21-6-4-12(5-7-21)27-9-8-23/h10-12,23H,4-9H2,1-3H3,(H,20,24). The van der Waals surface area contributed by atoms with Crippen molar-refractivity contribution >= 4 is 45.7 Å². The van der Waals surface area contributed by atoms with Crippen molar-refractivity contribution in [3.05, 3.63) is 25.8 Å². The van der Waals surface area contributed by atoms with E-state index >= 15 is 0 Å². The molecule has 10 heteroatoms. The van der Waals surface area contributed by atoms with Crippen molar-refractivity contribution in [3.63, 3.8) is 0 Å². The average molecular weight is 507 g/mol. The average Bonchev–Trinajstić information content (AvgIpc) is 2.60. The van der Waals surface area contributed by atoms with E-state index in [0.29, 0.717) is 6.61 Å². The molecule has 0 bridgehead atoms. The molecule has 2 rings (SSSR count). The first kappa shape index (κ1) is 22.6. The minimum absolute atomic E-state index is 0.000159. The fourth-order valence-corrected chi connectivity index (χ4v) is 3.73. The molecule has 156 valence electrons. The number of piperidine rings is 1. The van der Waals surface area contributed by atoms with E-state index in [-0.39, 0.29) is 24.1 Å². The molecule has 0 atom stereocenters. The molecule has 1 saturated heterocycles. The molecule has 1 aliphatic heterocycles. The number of halogens is 1. The minimum Gasteiger partial charge on any atom is -0.444 e. The lowest BCUT2D eigenvalue weighted by molar-refractivity contribution is -0.384. The first-order chi connectivity index (χ1) is 13.1. The summed E-state index contributed by atoms with van der Waals surface area (Å²) in [5, 5.41) is 22.8. The van der Waals surface area contributed by atoms with Crippen LogP contribution in [0.3, 0.4) is 0 Å². The predicted molar refractivity (Wildman–Crippen MR) is 114 cm³/mol. The van der Waals surface area contributed by atoms with Gasteiger partial charge in [0.15, 0.2) is 0 Å². The number of nitro benzene ring substituents is 1. The topological polar surface area (TPSA) is 114 Å². The molecule has 0 aromatic heterocycles. The van der Waals surface area contributed by atoms with E-state index in [2.05, 4.69) is 32.8 Å². The molecule has 1 aliphatic rings. The van der Waals surface area contributed by atoms with E-state index in [1.54, 1.807) is 26.8 Å². The van der Waals surface area contributed by atoms with Gasteiger partial charge in [0.05, 0.1) is 29.9 Å². The Morgan fingerprint density at radius 1 is 1.39 bits per heavy atom. The Balaban J connectivity index is 2.19. The summed E-state index contributed by atoms with van der Waals surface area (Å²) in [5.41, 5.74) is 0.0350. The normalized spacial score (nSPS) is 15.4. The van der Waals surface area contributed by atoms with Gasteiger partial charge in [-0.15, -0.1) is 0 Å². The number of hydrogen-bond donors (Lipinski definition) is 2. The Bertz CT molecular complexity index is 714. The quantitative estimate of drug-likeness (QED) is 0.344. The lowest BCUT2D eigenvalue weighted by Gasteiger charge is -2.34. The predicted octanol–water partition coefficient (Wildman–Crippen LogP) is 3.52. The molecule has 1 fully saturated rings. The molecule has 1 aromatic rings. The van der Waals surface area contributed by atoms with Gasteiger partial charge in [0.2, 0.25) is 0 Å². The number of amides is 1. The van der Waals surface area contributed by atoms with Crippen LogP contribution in [0.15, 0.2) is 12.1 Å². The second-order valence-corrected chi connectivity index (χ2v) is 8.65. The van der Waals surface area contributed by atoms with Crippen molar-refractivity contribution in [2.24, 2.45) is 0 Å². The molecular weight excluding hydrogens is 481 g/mol. The monoisotopic (exact) mass is 507 g/mol. The van der Waals surface area contributed by atoms with Gasteiger partial charge in [0.1, 0.15) is 11.3 Å². The second-order valence-electron chi connectivity index (χ2n) is 7.49. The van der Waals surface area contributed by atoms with Gasteiger partial charge in [0, 0.05) is 22.7 Å². The zero-order chi connectivity index (χ0) is 20.9. The number of nitrogens with zero attached hydrogens (tertiary/aromatic N) is 2. The number of aliphatic hydroxyl groups is 1. The van der Waals surface area contributed by atoms with Crippen LogP contribution in [0.4, 0.5) is 21.9 Å². The summed E-state index contributed by atoms with van der Waals surface area (Å²) in [5.74, 6) is 0. The Morgan fingerprint density at radius 3 is 2.57 bits per heavy atom. The molecule has 28 heavy (non-hydrogen) atoms. The van der Waals surface area contributed by atoms with E-state index in [1.165, 1.54) is 6.07 Å². The molecule has 9 nitrogen and oxygen atoms in total. The minimum atomic E-state index is -0.737. The molecule has 2 N–H and O–H groups in total. The van der Waals surface area contributed by atoms with Gasteiger partial charge in [0.25, 0.3) is 5.69 Å². The largest absolute Gasteiger partial charge is 0.444 e. The van der Waals surface area contributed by atoms with Crippen LogP contribution in [0.5, 0.6) is 0 Å². The number of nitro groups is 1. The smallest absolute Gasteiger partial charge is 0.412 e. The van der Waals surface area contributed by atoms with Gasteiger partial charge in [-0.25, -0.2) is 4.79 Å². The highest BCUT2D eigenvalue weighted by Crippen LogP contribution is 2.36. The third-order valence-electron chi connectivity index (χ3n) is 4.12. The van der Waals surface area contributed by atoms with Gasteiger partial charge < -0.3 is 19.5 Å². The second kappa shape index (κ2) is 9.70. The van der Waals surface area contributed by atoms with Gasteiger partial charge in [-0.2, -0.15) is 0 Å². The molecule has 0 spiro atoms. The fraction of sp³-hybridized carbons (Fsp3) is 0.611. The third-order valence-corrected chi connectivity index (χ3v) is 4.99. The van der Waals surface area contributed by atoms with Gasteiger partial charge in [-0.05, 0) is 62.3 Å². The Morgan fingerprint density at radius 2 is 2.04 bits per heavy atom. The number of rotatable bonds is 6. The maximum Gasteiger partial charge on any atom is 0.412 e. The number of anilines is 2. The van der Waals surface area contributed by atoms with Crippen LogP contribution >= 0.6 is 22.6 Å². The van der Waals surface area contributed by atoms with Gasteiger partial charge >= 0.3 is 6.09 Å². The van der Waals surface area contributed by atoms with Gasteiger partial charge in [-0.1, -0.05) is 0 Å². The summed E-state index contributed by atoms with van der Waals surface area (Å²) >= 11 is 2.07. The molecule has 1 aromatic carbocycles. The Kier molecular flexibility index (Phi) is 7.84. The molecule has 1 heterocycles. The molecular formula is C18H26IN3O6. The SMILES string of the molecule is CC(C)(C)OC(=O)Nc1cc(N2CCC(OCCO)CC2)c(I)cc1[N+](=O)[O-]. The van der Waals surface area contributed by atoms with Gasteiger partial charge in [-0.3, -0.25) is 15.4 Å². The van der Waals surface area contributed by atoms with Crippen LogP contribution in [-0.2, 0) is 9.47 Å². The highest BCUT2D eigenvalue weighted by atomic mass is 127. The Labute approximate surface area is 177 Å². The van der Waals surface area contributed by atoms with E-state index < -0.39 is 16.6 Å². The van der Waals surface area contributed by atoms with Crippen LogP contribution in [-0.4, -0.2) is 54.1 Å². The summed E-state index contributed by atoms with van der Waals surface area (Å²) in [7, 11) is 0. The number of carbonyl (C=O) groups is 1. The van der Waals surface area contributed by atoms with E-state index in [4.69, 9.17) is 14.6 Å². The lowest BCUT2D eigenvalue weighted by Crippen LogP contribution is -2.37. The van der Waals surface area contributed by atoms with Crippen molar-refractivity contribution in [2.45, 2.75) is 45.3 Å². The van der Waals surface area contributed by atoms with Crippen molar-refractivity contribution < 1.29 is 24.3 Å². The summed E-state index contributed by atoms with van der Waals surface area (Å²) in [4.78, 5) is 25.1. The van der Waals surface area contributed by atoms with Crippen molar-refractivity contribution in [2.75, 3.05) is 36.5 Å². The molecule has 0 radical (unpaired) electrons. The summed E-state index contributed by atoms with van der Waals surface area (Å²) in [6.45, 7) is 6.94. The van der Waals surface area contributed by atoms with Crippen LogP contribution in [0.1, 0.15) is 33.6 Å². The highest BCUT2D eigenvalue weighted by molar-refractivity contribution is 14.1. The zero-order valence-electron chi connectivity index (χ0n) is 16.2. The molecule has 0 aliphatic carbocycles. The molecule has 1 amide bonds. The van der Waals surface area contributed by atoms with E-state index in [1.807, 2.05) is 0 Å². The summed E-state index contributed by atoms with van der Waals surface area (Å²) < 4.78 is 11.5. The lowest BCUT2D eigenvalue weighted by atomic mass is 10.1. The maximum atomic E-state index is 12.1. The summed E-state index contributed by atoms with van der Waals surface area (Å²) in [6, 6.07) is 3.08. The molecule has 0 unspecified atom stereocenters. The van der Waals surface area contributed by atoms with Crippen LogP contribution in [0.25, 0.3) is 0 Å². The van der Waals surface area contributed by atoms with Crippen LogP contribution in [0, 0.1) is 13.7 Å². The number of benzene rings is 1. The number of nitrogens with one attached hydrogen (secondary N) is 1. The Hall–Kier alpha value is -1.66. The van der Waals surface area contributed by atoms with E-state index in [9.17, 15) is 14.9 Å². The number of hydrogen-bond acceptors (Lipinski definition) is 7. The van der Waals surface area contributed by atoms with Crippen molar-refractivity contribution in [1.82, 2.24) is 0 Å². The first-order valence-corrected chi connectivity index (χ1v) is 10.1. The molecule has 0 saturated carbocycles. The summed E-state index contributed by atoms with van der Waals surface area (Å²) in [6.07, 6.45) is 0.946. The number of aliphatic hydroxyl groups excluding tert-OH is 1. The van der Waals surface area contributed by atoms with Crippen molar-refractivity contribution in [1.29, 1.82) is 0 Å². The number of ether oxygens (including phenoxy) is 2. The van der Waals surface area contributed by atoms with Crippen LogP contribution in [0.2, 0.25) is 0 Å². The zero-order valence-corrected chi connectivity index (χ0v) is 18.4. The maximum absolute atomic E-state index is 12.1. The highest BCUT2D eigenvalue weighted by Gasteiger charge is 2.26. The number of carbonyl (C=O) groups excluding carboxylic acids is 1. The first-order valence-electron chi connectivity index (χ1n) is 9.06. The van der Waals surface area contributed by atoms with Crippen molar-refractivity contribution in [3.8, 4) is 0 Å². The fourth-order valence-electron chi connectivity index (χ4n) is 2.94. The van der Waals surface area contributed by atoms with Crippen LogP contribution < -0.4 is 10.2 Å². The van der Waals surface area contributed by atoms with E-state index in [0.717, 1.165) is 35.2 Å².